The van der Waals surface area contributed by atoms with Crippen LogP contribution in [0.5, 0.6) is 0 Å². The lowest BCUT2D eigenvalue weighted by molar-refractivity contribution is 0.502. The summed E-state index contributed by atoms with van der Waals surface area (Å²) in [6.45, 7) is 2.26. The fraction of sp³-hybridized carbons (Fsp3) is 0.385. The van der Waals surface area contributed by atoms with Crippen LogP contribution in [0, 0.1) is 11.9 Å². The Bertz CT molecular complexity index is 550. The minimum Gasteiger partial charge on any atom is -0.241 e. The standard InChI is InChI=1S/C13H13FN2S/c1-8-4-5-10-11(7-8)17-13(16-10)9-3-2-6-15-12(9)14/h2-3,6,8H,4-5,7H2,1H3. The zero-order chi connectivity index (χ0) is 11.8. The van der Waals surface area contributed by atoms with E-state index in [1.807, 2.05) is 0 Å². The lowest BCUT2D eigenvalue weighted by atomic mass is 9.93. The van der Waals surface area contributed by atoms with Gasteiger partial charge in [0.1, 0.15) is 5.01 Å². The Balaban J connectivity index is 2.03. The van der Waals surface area contributed by atoms with E-state index < -0.39 is 5.95 Å². The molecule has 2 aromatic heterocycles. The first-order chi connectivity index (χ1) is 8.24. The highest BCUT2D eigenvalue weighted by atomic mass is 32.1. The van der Waals surface area contributed by atoms with Gasteiger partial charge in [0.15, 0.2) is 0 Å². The quantitative estimate of drug-likeness (QED) is 0.722. The van der Waals surface area contributed by atoms with Crippen molar-refractivity contribution in [1.29, 1.82) is 0 Å². The molecule has 0 spiro atoms. The molecule has 1 aliphatic rings. The zero-order valence-electron chi connectivity index (χ0n) is 9.61. The van der Waals surface area contributed by atoms with Crippen LogP contribution >= 0.6 is 11.3 Å². The molecule has 88 valence electrons. The van der Waals surface area contributed by atoms with Gasteiger partial charge in [-0.1, -0.05) is 6.92 Å². The molecular weight excluding hydrogens is 235 g/mol. The van der Waals surface area contributed by atoms with Crippen LogP contribution in [-0.4, -0.2) is 9.97 Å². The number of aryl methyl sites for hydroxylation is 1. The third-order valence-electron chi connectivity index (χ3n) is 3.18. The van der Waals surface area contributed by atoms with Gasteiger partial charge in [-0.15, -0.1) is 11.3 Å². The van der Waals surface area contributed by atoms with Gasteiger partial charge in [0, 0.05) is 11.1 Å². The monoisotopic (exact) mass is 248 g/mol. The van der Waals surface area contributed by atoms with E-state index in [9.17, 15) is 4.39 Å². The van der Waals surface area contributed by atoms with Crippen LogP contribution in [0.15, 0.2) is 18.3 Å². The van der Waals surface area contributed by atoms with Gasteiger partial charge in [-0.25, -0.2) is 9.97 Å². The Morgan fingerprint density at radius 2 is 2.35 bits per heavy atom. The van der Waals surface area contributed by atoms with E-state index >= 15 is 0 Å². The maximum absolute atomic E-state index is 13.6. The van der Waals surface area contributed by atoms with Crippen LogP contribution in [0.2, 0.25) is 0 Å². The Labute approximate surface area is 104 Å². The predicted molar refractivity (Wildman–Crippen MR) is 66.5 cm³/mol. The molecule has 2 aromatic rings. The van der Waals surface area contributed by atoms with E-state index in [-0.39, 0.29) is 0 Å². The normalized spacial score (nSPS) is 19.1. The van der Waals surface area contributed by atoms with Gasteiger partial charge in [-0.2, -0.15) is 4.39 Å². The summed E-state index contributed by atoms with van der Waals surface area (Å²) in [5, 5.41) is 0.773. The van der Waals surface area contributed by atoms with Crippen LogP contribution in [0.4, 0.5) is 4.39 Å². The van der Waals surface area contributed by atoms with Crippen molar-refractivity contribution in [3.05, 3.63) is 34.8 Å². The molecule has 0 bridgehead atoms. The first kappa shape index (κ1) is 10.8. The van der Waals surface area contributed by atoms with E-state index in [1.165, 1.54) is 17.5 Å². The number of halogens is 1. The largest absolute Gasteiger partial charge is 0.241 e. The van der Waals surface area contributed by atoms with Crippen molar-refractivity contribution in [3.63, 3.8) is 0 Å². The van der Waals surface area contributed by atoms with Gasteiger partial charge in [0.05, 0.1) is 11.3 Å². The molecule has 0 fully saturated rings. The Hall–Kier alpha value is -1.29. The maximum Gasteiger partial charge on any atom is 0.223 e. The van der Waals surface area contributed by atoms with Gasteiger partial charge < -0.3 is 0 Å². The topological polar surface area (TPSA) is 25.8 Å². The summed E-state index contributed by atoms with van der Waals surface area (Å²) in [6.07, 6.45) is 4.75. The summed E-state index contributed by atoms with van der Waals surface area (Å²) in [7, 11) is 0. The summed E-state index contributed by atoms with van der Waals surface area (Å²) in [5.74, 6) is 0.293. The van der Waals surface area contributed by atoms with Gasteiger partial charge in [-0.05, 0) is 37.3 Å². The van der Waals surface area contributed by atoms with Crippen LogP contribution in [-0.2, 0) is 12.8 Å². The molecule has 1 unspecified atom stereocenters. The molecular formula is C13H13FN2S. The molecule has 1 aliphatic carbocycles. The van der Waals surface area contributed by atoms with Crippen LogP contribution in [0.25, 0.3) is 10.6 Å². The molecule has 1 atom stereocenters. The number of nitrogens with zero attached hydrogens (tertiary/aromatic N) is 2. The minimum atomic E-state index is -0.424. The summed E-state index contributed by atoms with van der Waals surface area (Å²) in [6, 6.07) is 3.50. The molecule has 3 rings (SSSR count). The second-order valence-corrected chi connectivity index (χ2v) is 5.66. The Morgan fingerprint density at radius 3 is 3.18 bits per heavy atom. The number of aromatic nitrogens is 2. The molecule has 0 amide bonds. The predicted octanol–water partition coefficient (Wildman–Crippen LogP) is 3.47. The number of thiazole rings is 1. The highest BCUT2D eigenvalue weighted by Gasteiger charge is 2.21. The third-order valence-corrected chi connectivity index (χ3v) is 4.33. The summed E-state index contributed by atoms with van der Waals surface area (Å²) in [5.41, 5.74) is 1.69. The maximum atomic E-state index is 13.6. The molecule has 0 saturated heterocycles. The van der Waals surface area contributed by atoms with Crippen molar-refractivity contribution in [3.8, 4) is 10.6 Å². The number of fused-ring (bicyclic) bond motifs is 1. The van der Waals surface area contributed by atoms with E-state index in [0.29, 0.717) is 5.56 Å². The summed E-state index contributed by atoms with van der Waals surface area (Å²) >= 11 is 1.62. The fourth-order valence-electron chi connectivity index (χ4n) is 2.20. The number of rotatable bonds is 1. The highest BCUT2D eigenvalue weighted by Crippen LogP contribution is 2.34. The van der Waals surface area contributed by atoms with Gasteiger partial charge >= 0.3 is 0 Å². The van der Waals surface area contributed by atoms with E-state index in [4.69, 9.17) is 0 Å². The van der Waals surface area contributed by atoms with Crippen molar-refractivity contribution >= 4 is 11.3 Å². The average Bonchev–Trinajstić information content (AvgIpc) is 2.72. The second-order valence-electron chi connectivity index (χ2n) is 4.58. The molecule has 0 N–H and O–H groups in total. The average molecular weight is 248 g/mol. The lowest BCUT2D eigenvalue weighted by Gasteiger charge is -2.15. The van der Waals surface area contributed by atoms with Crippen molar-refractivity contribution in [1.82, 2.24) is 9.97 Å². The van der Waals surface area contributed by atoms with E-state index in [0.717, 1.165) is 29.5 Å². The van der Waals surface area contributed by atoms with Crippen molar-refractivity contribution in [2.24, 2.45) is 5.92 Å². The number of hydrogen-bond acceptors (Lipinski definition) is 3. The fourth-order valence-corrected chi connectivity index (χ4v) is 3.49. The van der Waals surface area contributed by atoms with Crippen LogP contribution in [0.3, 0.4) is 0 Å². The first-order valence-electron chi connectivity index (χ1n) is 5.83. The first-order valence-corrected chi connectivity index (χ1v) is 6.65. The SMILES string of the molecule is CC1CCc2nc(-c3cccnc3F)sc2C1. The molecule has 0 aliphatic heterocycles. The van der Waals surface area contributed by atoms with Gasteiger partial charge in [0.2, 0.25) is 5.95 Å². The Morgan fingerprint density at radius 1 is 1.47 bits per heavy atom. The molecule has 0 radical (unpaired) electrons. The Kier molecular flexibility index (Phi) is 2.67. The van der Waals surface area contributed by atoms with Crippen molar-refractivity contribution in [2.45, 2.75) is 26.2 Å². The molecule has 2 heterocycles. The third kappa shape index (κ3) is 1.97. The second kappa shape index (κ2) is 4.18. The van der Waals surface area contributed by atoms with Crippen LogP contribution < -0.4 is 0 Å². The minimum absolute atomic E-state index is 0.424. The summed E-state index contributed by atoms with van der Waals surface area (Å²) < 4.78 is 13.6. The van der Waals surface area contributed by atoms with E-state index in [1.54, 1.807) is 23.5 Å². The summed E-state index contributed by atoms with van der Waals surface area (Å²) in [4.78, 5) is 9.55. The number of pyridine rings is 1. The molecule has 2 nitrogen and oxygen atoms in total. The van der Waals surface area contributed by atoms with Crippen molar-refractivity contribution in [2.75, 3.05) is 0 Å². The smallest absolute Gasteiger partial charge is 0.223 e. The lowest BCUT2D eigenvalue weighted by Crippen LogP contribution is -2.09. The molecule has 0 saturated carbocycles. The molecule has 17 heavy (non-hydrogen) atoms. The van der Waals surface area contributed by atoms with Crippen LogP contribution in [0.1, 0.15) is 23.9 Å². The van der Waals surface area contributed by atoms with Gasteiger partial charge in [0.25, 0.3) is 0 Å². The van der Waals surface area contributed by atoms with Crippen molar-refractivity contribution < 1.29 is 4.39 Å². The highest BCUT2D eigenvalue weighted by molar-refractivity contribution is 7.15. The number of hydrogen-bond donors (Lipinski definition) is 0. The van der Waals surface area contributed by atoms with Gasteiger partial charge in [-0.3, -0.25) is 0 Å². The molecule has 0 aromatic carbocycles. The van der Waals surface area contributed by atoms with E-state index in [2.05, 4.69) is 16.9 Å². The zero-order valence-corrected chi connectivity index (χ0v) is 10.4. The molecule has 4 heteroatoms.